The molecule has 1 aromatic carbocycles. The average Bonchev–Trinajstić information content (AvgIpc) is 2.95. The Hall–Kier alpha value is -2.08. The van der Waals surface area contributed by atoms with E-state index in [2.05, 4.69) is 16.0 Å². The zero-order chi connectivity index (χ0) is 13.7. The van der Waals surface area contributed by atoms with Gasteiger partial charge >= 0.3 is 6.03 Å². The molecule has 0 aliphatic carbocycles. The standard InChI is InChI=1S/C13H17N3O3/c1-14-13(18)16-11-4-2-10(3-5-11)15-12(17)9-6-7-19-8-9/h2-5,9H,6-8H2,1H3,(H,15,17)(H2,14,16,18). The summed E-state index contributed by atoms with van der Waals surface area (Å²) >= 11 is 0. The first-order valence-electron chi connectivity index (χ1n) is 6.16. The molecule has 0 radical (unpaired) electrons. The lowest BCUT2D eigenvalue weighted by molar-refractivity contribution is -0.119. The molecular weight excluding hydrogens is 246 g/mol. The fourth-order valence-corrected chi connectivity index (χ4v) is 1.82. The minimum absolute atomic E-state index is 0.0236. The van der Waals surface area contributed by atoms with Crippen molar-refractivity contribution < 1.29 is 14.3 Å². The highest BCUT2D eigenvalue weighted by Gasteiger charge is 2.23. The van der Waals surface area contributed by atoms with E-state index in [1.165, 1.54) is 0 Å². The molecule has 1 aliphatic heterocycles. The van der Waals surface area contributed by atoms with Crippen molar-refractivity contribution in [3.8, 4) is 0 Å². The molecule has 6 heteroatoms. The lowest BCUT2D eigenvalue weighted by atomic mass is 10.1. The van der Waals surface area contributed by atoms with Gasteiger partial charge in [0.2, 0.25) is 5.91 Å². The molecule has 1 atom stereocenters. The number of urea groups is 1. The molecule has 0 bridgehead atoms. The van der Waals surface area contributed by atoms with Crippen LogP contribution in [0, 0.1) is 5.92 Å². The van der Waals surface area contributed by atoms with Gasteiger partial charge in [0, 0.05) is 25.0 Å². The van der Waals surface area contributed by atoms with Gasteiger partial charge in [-0.15, -0.1) is 0 Å². The molecule has 3 amide bonds. The van der Waals surface area contributed by atoms with Gasteiger partial charge in [0.25, 0.3) is 0 Å². The van der Waals surface area contributed by atoms with Gasteiger partial charge in [-0.2, -0.15) is 0 Å². The van der Waals surface area contributed by atoms with E-state index in [0.29, 0.717) is 24.6 Å². The number of benzene rings is 1. The summed E-state index contributed by atoms with van der Waals surface area (Å²) in [5.74, 6) is -0.0896. The number of amides is 3. The number of nitrogens with one attached hydrogen (secondary N) is 3. The molecule has 6 nitrogen and oxygen atoms in total. The SMILES string of the molecule is CNC(=O)Nc1ccc(NC(=O)C2CCOC2)cc1. The van der Waals surface area contributed by atoms with Crippen LogP contribution in [0.2, 0.25) is 0 Å². The van der Waals surface area contributed by atoms with Crippen molar-refractivity contribution in [1.29, 1.82) is 0 Å². The number of ether oxygens (including phenoxy) is 1. The van der Waals surface area contributed by atoms with Crippen LogP contribution in [0.3, 0.4) is 0 Å². The maximum Gasteiger partial charge on any atom is 0.318 e. The second-order valence-corrected chi connectivity index (χ2v) is 4.33. The summed E-state index contributed by atoms with van der Waals surface area (Å²) in [7, 11) is 1.55. The highest BCUT2D eigenvalue weighted by molar-refractivity contribution is 5.93. The Morgan fingerprint density at radius 2 is 1.79 bits per heavy atom. The Kier molecular flexibility index (Phi) is 4.35. The van der Waals surface area contributed by atoms with Gasteiger partial charge < -0.3 is 20.7 Å². The van der Waals surface area contributed by atoms with E-state index < -0.39 is 0 Å². The molecule has 1 heterocycles. The normalized spacial score (nSPS) is 17.8. The van der Waals surface area contributed by atoms with Crippen LogP contribution in [0.4, 0.5) is 16.2 Å². The number of carbonyl (C=O) groups is 2. The van der Waals surface area contributed by atoms with Crippen LogP contribution in [0.15, 0.2) is 24.3 Å². The van der Waals surface area contributed by atoms with Gasteiger partial charge in [0.15, 0.2) is 0 Å². The van der Waals surface area contributed by atoms with E-state index in [0.717, 1.165) is 6.42 Å². The summed E-state index contributed by atoms with van der Waals surface area (Å²) in [6.07, 6.45) is 0.766. The Morgan fingerprint density at radius 1 is 1.16 bits per heavy atom. The molecule has 1 fully saturated rings. The Labute approximate surface area is 111 Å². The third-order valence-corrected chi connectivity index (χ3v) is 2.94. The molecule has 0 aromatic heterocycles. The summed E-state index contributed by atoms with van der Waals surface area (Å²) in [6, 6.07) is 6.68. The van der Waals surface area contributed by atoms with Crippen molar-refractivity contribution in [1.82, 2.24) is 5.32 Å². The summed E-state index contributed by atoms with van der Waals surface area (Å²) in [5.41, 5.74) is 1.38. The lowest BCUT2D eigenvalue weighted by Gasteiger charge is -2.10. The minimum atomic E-state index is -0.278. The van der Waals surface area contributed by atoms with E-state index in [4.69, 9.17) is 4.74 Å². The van der Waals surface area contributed by atoms with Crippen molar-refractivity contribution >= 4 is 23.3 Å². The number of carbonyl (C=O) groups excluding carboxylic acids is 2. The zero-order valence-electron chi connectivity index (χ0n) is 10.7. The summed E-state index contributed by atoms with van der Waals surface area (Å²) in [4.78, 5) is 23.0. The van der Waals surface area contributed by atoms with E-state index in [1.807, 2.05) is 0 Å². The number of hydrogen-bond acceptors (Lipinski definition) is 3. The van der Waals surface area contributed by atoms with Gasteiger partial charge in [-0.25, -0.2) is 4.79 Å². The lowest BCUT2D eigenvalue weighted by Crippen LogP contribution is -2.24. The molecule has 2 rings (SSSR count). The fourth-order valence-electron chi connectivity index (χ4n) is 1.82. The third-order valence-electron chi connectivity index (χ3n) is 2.94. The maximum absolute atomic E-state index is 11.9. The Morgan fingerprint density at radius 3 is 2.32 bits per heavy atom. The summed E-state index contributed by atoms with van der Waals surface area (Å²) < 4.78 is 5.18. The molecule has 1 saturated heterocycles. The summed E-state index contributed by atoms with van der Waals surface area (Å²) in [5, 5.41) is 7.94. The van der Waals surface area contributed by atoms with Crippen molar-refractivity contribution in [2.45, 2.75) is 6.42 Å². The van der Waals surface area contributed by atoms with Crippen LogP contribution < -0.4 is 16.0 Å². The van der Waals surface area contributed by atoms with Gasteiger partial charge in [-0.05, 0) is 30.7 Å². The highest BCUT2D eigenvalue weighted by atomic mass is 16.5. The van der Waals surface area contributed by atoms with Crippen LogP contribution in [0.1, 0.15) is 6.42 Å². The average molecular weight is 263 g/mol. The Balaban J connectivity index is 1.91. The predicted octanol–water partition coefficient (Wildman–Crippen LogP) is 1.41. The van der Waals surface area contributed by atoms with E-state index >= 15 is 0 Å². The van der Waals surface area contributed by atoms with Crippen molar-refractivity contribution in [3.05, 3.63) is 24.3 Å². The van der Waals surface area contributed by atoms with Crippen molar-refractivity contribution in [3.63, 3.8) is 0 Å². The van der Waals surface area contributed by atoms with Crippen LogP contribution in [-0.4, -0.2) is 32.2 Å². The first kappa shape index (κ1) is 13.4. The van der Waals surface area contributed by atoms with Crippen LogP contribution in [-0.2, 0) is 9.53 Å². The fraction of sp³-hybridized carbons (Fsp3) is 0.385. The summed E-state index contributed by atoms with van der Waals surface area (Å²) in [6.45, 7) is 1.13. The molecule has 0 saturated carbocycles. The van der Waals surface area contributed by atoms with E-state index in [-0.39, 0.29) is 17.9 Å². The number of hydrogen-bond donors (Lipinski definition) is 3. The van der Waals surface area contributed by atoms with Gasteiger partial charge in [0.1, 0.15) is 0 Å². The molecule has 1 aromatic rings. The van der Waals surface area contributed by atoms with Crippen LogP contribution in [0.5, 0.6) is 0 Å². The topological polar surface area (TPSA) is 79.5 Å². The Bertz CT molecular complexity index is 453. The largest absolute Gasteiger partial charge is 0.381 e. The molecule has 3 N–H and O–H groups in total. The van der Waals surface area contributed by atoms with Gasteiger partial charge in [-0.1, -0.05) is 0 Å². The second kappa shape index (κ2) is 6.19. The molecule has 1 unspecified atom stereocenters. The van der Waals surface area contributed by atoms with Gasteiger partial charge in [-0.3, -0.25) is 4.79 Å². The molecule has 19 heavy (non-hydrogen) atoms. The predicted molar refractivity (Wildman–Crippen MR) is 72.1 cm³/mol. The van der Waals surface area contributed by atoms with Crippen LogP contribution in [0.25, 0.3) is 0 Å². The third kappa shape index (κ3) is 3.69. The van der Waals surface area contributed by atoms with Crippen LogP contribution >= 0.6 is 0 Å². The highest BCUT2D eigenvalue weighted by Crippen LogP contribution is 2.17. The minimum Gasteiger partial charge on any atom is -0.381 e. The molecular formula is C13H17N3O3. The zero-order valence-corrected chi connectivity index (χ0v) is 10.7. The van der Waals surface area contributed by atoms with E-state index in [9.17, 15) is 9.59 Å². The second-order valence-electron chi connectivity index (χ2n) is 4.33. The molecule has 1 aliphatic rings. The molecule has 102 valence electrons. The smallest absolute Gasteiger partial charge is 0.318 e. The number of anilines is 2. The van der Waals surface area contributed by atoms with Gasteiger partial charge in [0.05, 0.1) is 12.5 Å². The van der Waals surface area contributed by atoms with Crippen molar-refractivity contribution in [2.24, 2.45) is 5.92 Å². The van der Waals surface area contributed by atoms with E-state index in [1.54, 1.807) is 31.3 Å². The quantitative estimate of drug-likeness (QED) is 0.771. The first-order chi connectivity index (χ1) is 9.19. The maximum atomic E-state index is 11.9. The first-order valence-corrected chi connectivity index (χ1v) is 6.16. The number of rotatable bonds is 3. The van der Waals surface area contributed by atoms with Crippen molar-refractivity contribution in [2.75, 3.05) is 30.9 Å². The monoisotopic (exact) mass is 263 g/mol. The molecule has 0 spiro atoms.